The smallest absolute Gasteiger partial charge is 0.144 e. The molecule has 0 radical (unpaired) electrons. The molecule has 9 aromatic rings. The molecule has 0 unspecified atom stereocenters. The maximum atomic E-state index is 5.18. The van der Waals surface area contributed by atoms with E-state index in [1.807, 2.05) is 48.8 Å². The van der Waals surface area contributed by atoms with Crippen molar-refractivity contribution in [3.63, 3.8) is 0 Å². The number of para-hydroxylation sites is 3. The van der Waals surface area contributed by atoms with Gasteiger partial charge in [-0.3, -0.25) is 14.5 Å². The average molecular weight is 570 g/mol. The number of nitrogens with zero attached hydrogens (tertiary/aromatic N) is 5. The lowest BCUT2D eigenvalue weighted by atomic mass is 10.1. The Kier molecular flexibility index (Phi) is 5.30. The minimum absolute atomic E-state index is 0.834. The van der Waals surface area contributed by atoms with Crippen LogP contribution in [0.4, 0.5) is 0 Å². The van der Waals surface area contributed by atoms with E-state index in [-0.39, 0.29) is 0 Å². The molecule has 4 aromatic carbocycles. The molecule has 5 aromatic heterocycles. The van der Waals surface area contributed by atoms with Crippen LogP contribution in [0.1, 0.15) is 0 Å². The first kappa shape index (κ1) is 24.1. The molecule has 6 heteroatoms. The topological polar surface area (TPSA) is 48.5 Å². The fourth-order valence-corrected chi connectivity index (χ4v) is 7.38. The van der Waals surface area contributed by atoms with Crippen molar-refractivity contribution in [3.05, 3.63) is 140 Å². The SMILES string of the molecule is c1ccc(-n2c3ccccc3c3c2ccc2c4ccccc4n(-c4sc(-c5ccccn5)nc4-c4ccccn4)c23)cc1. The average Bonchev–Trinajstić information content (AvgIpc) is 3.76. The van der Waals surface area contributed by atoms with Crippen LogP contribution in [0.5, 0.6) is 0 Å². The molecule has 0 fully saturated rings. The van der Waals surface area contributed by atoms with Crippen molar-refractivity contribution in [1.82, 2.24) is 24.1 Å². The van der Waals surface area contributed by atoms with Crippen molar-refractivity contribution in [2.45, 2.75) is 0 Å². The summed E-state index contributed by atoms with van der Waals surface area (Å²) in [6.07, 6.45) is 3.65. The number of hydrogen-bond donors (Lipinski definition) is 0. The van der Waals surface area contributed by atoms with E-state index in [9.17, 15) is 0 Å². The summed E-state index contributed by atoms with van der Waals surface area (Å²) in [5.41, 5.74) is 8.31. The fraction of sp³-hybridized carbons (Fsp3) is 0. The maximum Gasteiger partial charge on any atom is 0.144 e. The first-order valence-electron chi connectivity index (χ1n) is 14.2. The van der Waals surface area contributed by atoms with E-state index >= 15 is 0 Å². The van der Waals surface area contributed by atoms with Gasteiger partial charge in [-0.15, -0.1) is 0 Å². The van der Waals surface area contributed by atoms with Crippen LogP contribution in [-0.4, -0.2) is 24.1 Å². The van der Waals surface area contributed by atoms with Gasteiger partial charge in [0.05, 0.1) is 33.5 Å². The first-order valence-corrected chi connectivity index (χ1v) is 15.0. The van der Waals surface area contributed by atoms with Gasteiger partial charge in [-0.05, 0) is 54.6 Å². The maximum absolute atomic E-state index is 5.18. The minimum Gasteiger partial charge on any atom is -0.309 e. The summed E-state index contributed by atoms with van der Waals surface area (Å²) in [7, 11) is 0. The predicted octanol–water partition coefficient (Wildman–Crippen LogP) is 9.46. The van der Waals surface area contributed by atoms with Gasteiger partial charge in [0.1, 0.15) is 15.7 Å². The summed E-state index contributed by atoms with van der Waals surface area (Å²) in [5.74, 6) is 0. The molecule has 202 valence electrons. The van der Waals surface area contributed by atoms with Gasteiger partial charge in [0.15, 0.2) is 0 Å². The molecule has 0 aliphatic rings. The van der Waals surface area contributed by atoms with Crippen LogP contribution in [0.15, 0.2) is 140 Å². The molecule has 0 aliphatic heterocycles. The highest BCUT2D eigenvalue weighted by Gasteiger charge is 2.25. The quantitative estimate of drug-likeness (QED) is 0.212. The van der Waals surface area contributed by atoms with Crippen LogP contribution in [0.25, 0.3) is 76.4 Å². The highest BCUT2D eigenvalue weighted by molar-refractivity contribution is 7.18. The Hall–Kier alpha value is -5.59. The molecule has 0 bridgehead atoms. The Balaban J connectivity index is 1.48. The zero-order chi connectivity index (χ0) is 28.3. The lowest BCUT2D eigenvalue weighted by molar-refractivity contribution is 1.18. The molecule has 0 atom stereocenters. The predicted molar refractivity (Wildman–Crippen MR) is 177 cm³/mol. The Bertz CT molecular complexity index is 2440. The van der Waals surface area contributed by atoms with Crippen molar-refractivity contribution >= 4 is 54.9 Å². The third-order valence-electron chi connectivity index (χ3n) is 8.09. The molecule has 0 saturated heterocycles. The zero-order valence-electron chi connectivity index (χ0n) is 22.9. The van der Waals surface area contributed by atoms with Crippen molar-refractivity contribution in [2.75, 3.05) is 0 Å². The zero-order valence-corrected chi connectivity index (χ0v) is 23.7. The molecule has 5 heterocycles. The molecule has 0 N–H and O–H groups in total. The normalized spacial score (nSPS) is 11.7. The molecule has 9 rings (SSSR count). The summed E-state index contributed by atoms with van der Waals surface area (Å²) in [6.45, 7) is 0. The Morgan fingerprint density at radius 2 is 1.14 bits per heavy atom. The largest absolute Gasteiger partial charge is 0.309 e. The molecule has 0 saturated carbocycles. The third kappa shape index (κ3) is 3.60. The minimum atomic E-state index is 0.834. The van der Waals surface area contributed by atoms with Gasteiger partial charge in [0, 0.05) is 39.6 Å². The Morgan fingerprint density at radius 3 is 1.88 bits per heavy atom. The number of fused-ring (bicyclic) bond motifs is 7. The van der Waals surface area contributed by atoms with Crippen molar-refractivity contribution in [1.29, 1.82) is 0 Å². The van der Waals surface area contributed by atoms with E-state index < -0.39 is 0 Å². The van der Waals surface area contributed by atoms with E-state index in [1.54, 1.807) is 11.3 Å². The highest BCUT2D eigenvalue weighted by atomic mass is 32.1. The van der Waals surface area contributed by atoms with Crippen molar-refractivity contribution < 1.29 is 0 Å². The van der Waals surface area contributed by atoms with Crippen LogP contribution in [0.3, 0.4) is 0 Å². The van der Waals surface area contributed by atoms with Crippen LogP contribution in [0.2, 0.25) is 0 Å². The lowest BCUT2D eigenvalue weighted by Gasteiger charge is -2.10. The summed E-state index contributed by atoms with van der Waals surface area (Å²) < 4.78 is 4.78. The molecule has 0 aliphatic carbocycles. The number of thiazole rings is 1. The molecule has 43 heavy (non-hydrogen) atoms. The molecule has 0 amide bonds. The molecule has 0 spiro atoms. The summed E-state index contributed by atoms with van der Waals surface area (Å²) in [5, 5.41) is 6.72. The second kappa shape index (κ2) is 9.48. The van der Waals surface area contributed by atoms with E-state index in [0.29, 0.717) is 0 Å². The van der Waals surface area contributed by atoms with Crippen LogP contribution in [-0.2, 0) is 0 Å². The van der Waals surface area contributed by atoms with E-state index in [0.717, 1.165) is 49.3 Å². The van der Waals surface area contributed by atoms with Gasteiger partial charge >= 0.3 is 0 Å². The molecular weight excluding hydrogens is 547 g/mol. The van der Waals surface area contributed by atoms with Crippen molar-refractivity contribution in [3.8, 4) is 32.8 Å². The van der Waals surface area contributed by atoms with Crippen LogP contribution in [0, 0.1) is 0 Å². The van der Waals surface area contributed by atoms with E-state index in [1.165, 1.54) is 27.1 Å². The van der Waals surface area contributed by atoms with Crippen LogP contribution >= 0.6 is 11.3 Å². The second-order valence-electron chi connectivity index (χ2n) is 10.5. The monoisotopic (exact) mass is 569 g/mol. The van der Waals surface area contributed by atoms with Gasteiger partial charge in [0.2, 0.25) is 0 Å². The lowest BCUT2D eigenvalue weighted by Crippen LogP contribution is -1.96. The van der Waals surface area contributed by atoms with E-state index in [4.69, 9.17) is 9.97 Å². The number of aromatic nitrogens is 5. The first-order chi connectivity index (χ1) is 21.4. The Morgan fingerprint density at radius 1 is 0.488 bits per heavy atom. The van der Waals surface area contributed by atoms with Gasteiger partial charge in [0.25, 0.3) is 0 Å². The molecular formula is C37H23N5S. The van der Waals surface area contributed by atoms with Gasteiger partial charge in [-0.1, -0.05) is 84.1 Å². The second-order valence-corrected chi connectivity index (χ2v) is 11.5. The summed E-state index contributed by atoms with van der Waals surface area (Å²) in [4.78, 5) is 14.6. The molecule has 5 nitrogen and oxygen atoms in total. The number of benzene rings is 4. The Labute approximate surface area is 251 Å². The van der Waals surface area contributed by atoms with Crippen molar-refractivity contribution in [2.24, 2.45) is 0 Å². The third-order valence-corrected chi connectivity index (χ3v) is 9.15. The standard InChI is InChI=1S/C37H23N5S/c1-2-12-24(13-3-1)41-31-19-7-5-15-27(31)33-32(41)21-20-26-25-14-4-6-18-30(25)42(35(26)33)37-34(28-16-8-10-22-38-28)40-36(43-37)29-17-9-11-23-39-29/h1-23H. The number of rotatable bonds is 4. The van der Waals surface area contributed by atoms with E-state index in [2.05, 4.69) is 105 Å². The van der Waals surface area contributed by atoms with Crippen LogP contribution < -0.4 is 0 Å². The van der Waals surface area contributed by atoms with Gasteiger partial charge in [-0.25, -0.2) is 4.98 Å². The summed E-state index contributed by atoms with van der Waals surface area (Å²) in [6, 6.07) is 44.5. The number of pyridine rings is 2. The number of hydrogen-bond acceptors (Lipinski definition) is 4. The highest BCUT2D eigenvalue weighted by Crippen LogP contribution is 2.45. The van der Waals surface area contributed by atoms with Gasteiger partial charge < -0.3 is 4.57 Å². The fourth-order valence-electron chi connectivity index (χ4n) is 6.31. The van der Waals surface area contributed by atoms with Gasteiger partial charge in [-0.2, -0.15) is 0 Å². The summed E-state index contributed by atoms with van der Waals surface area (Å²) >= 11 is 1.65.